The third-order valence-electron chi connectivity index (χ3n) is 2.22. The second-order valence-corrected chi connectivity index (χ2v) is 5.49. The fraction of sp³-hybridized carbons (Fsp3) is 0.300. The molecule has 0 heterocycles. The van der Waals surface area contributed by atoms with E-state index in [0.29, 0.717) is 12.1 Å². The first-order chi connectivity index (χ1) is 8.77. The largest absolute Gasteiger partial charge is 0.270 e. The first-order valence-electron chi connectivity index (χ1n) is 5.11. The summed E-state index contributed by atoms with van der Waals surface area (Å²) in [6.07, 6.45) is 0. The minimum absolute atomic E-state index is 0.207. The smallest absolute Gasteiger partial charge is 0.258 e. The number of nitrogens with zero attached hydrogens (tertiary/aromatic N) is 2. The molecule has 0 aromatic heterocycles. The number of nitro groups is 1. The van der Waals surface area contributed by atoms with Crippen molar-refractivity contribution in [1.29, 1.82) is 5.26 Å². The van der Waals surface area contributed by atoms with Gasteiger partial charge in [-0.25, -0.2) is 17.5 Å². The molecule has 1 N–H and O–H groups in total. The lowest BCUT2D eigenvalue weighted by molar-refractivity contribution is -0.385. The van der Waals surface area contributed by atoms with Gasteiger partial charge in [-0.2, -0.15) is 5.26 Å². The van der Waals surface area contributed by atoms with Crippen molar-refractivity contribution in [2.24, 2.45) is 5.92 Å². The maximum Gasteiger partial charge on any atom is 0.270 e. The normalized spacial score (nSPS) is 12.7. The summed E-state index contributed by atoms with van der Waals surface area (Å²) in [5.74, 6) is -1.70. The highest BCUT2D eigenvalue weighted by Crippen LogP contribution is 2.20. The molecule has 1 rings (SSSR count). The molecule has 9 heteroatoms. The number of hydrogen-bond donors (Lipinski definition) is 1. The molecule has 102 valence electrons. The Kier molecular flexibility index (Phi) is 4.52. The van der Waals surface area contributed by atoms with E-state index in [4.69, 9.17) is 5.26 Å². The van der Waals surface area contributed by atoms with Crippen LogP contribution < -0.4 is 4.72 Å². The minimum atomic E-state index is -4.23. The highest BCUT2D eigenvalue weighted by Gasteiger charge is 2.22. The van der Waals surface area contributed by atoms with Crippen LogP contribution in [-0.4, -0.2) is 19.9 Å². The number of sulfonamides is 1. The van der Waals surface area contributed by atoms with Crippen molar-refractivity contribution in [3.8, 4) is 6.07 Å². The van der Waals surface area contributed by atoms with Crippen LogP contribution in [0.15, 0.2) is 23.1 Å². The molecular weight excluding hydrogens is 277 g/mol. The molecule has 0 aliphatic rings. The zero-order chi connectivity index (χ0) is 14.6. The SMILES string of the molecule is CC(C#N)CNS(=O)(=O)c1cc([N+](=O)[O-])ccc1F. The van der Waals surface area contributed by atoms with Crippen molar-refractivity contribution < 1.29 is 17.7 Å². The lowest BCUT2D eigenvalue weighted by Crippen LogP contribution is -2.28. The molecule has 0 spiro atoms. The Morgan fingerprint density at radius 1 is 1.58 bits per heavy atom. The molecule has 0 aliphatic heterocycles. The van der Waals surface area contributed by atoms with Gasteiger partial charge >= 0.3 is 0 Å². The molecule has 1 aromatic rings. The second-order valence-electron chi connectivity index (χ2n) is 3.75. The molecule has 0 amide bonds. The van der Waals surface area contributed by atoms with Crippen molar-refractivity contribution in [3.63, 3.8) is 0 Å². The van der Waals surface area contributed by atoms with Crippen LogP contribution in [0.5, 0.6) is 0 Å². The monoisotopic (exact) mass is 287 g/mol. The van der Waals surface area contributed by atoms with Crippen molar-refractivity contribution in [1.82, 2.24) is 4.72 Å². The quantitative estimate of drug-likeness (QED) is 0.645. The van der Waals surface area contributed by atoms with Crippen LogP contribution in [0.3, 0.4) is 0 Å². The first-order valence-corrected chi connectivity index (χ1v) is 6.59. The number of nitro benzene ring substituents is 1. The molecule has 1 unspecified atom stereocenters. The summed E-state index contributed by atoms with van der Waals surface area (Å²) in [6, 6.07) is 4.01. The molecule has 1 aromatic carbocycles. The van der Waals surface area contributed by atoms with E-state index in [-0.39, 0.29) is 6.54 Å². The Hall–Kier alpha value is -2.05. The number of hydrogen-bond acceptors (Lipinski definition) is 5. The van der Waals surface area contributed by atoms with Crippen molar-refractivity contribution in [2.45, 2.75) is 11.8 Å². The van der Waals surface area contributed by atoms with Crippen LogP contribution in [0.2, 0.25) is 0 Å². The molecule has 0 saturated carbocycles. The highest BCUT2D eigenvalue weighted by molar-refractivity contribution is 7.89. The topological polar surface area (TPSA) is 113 Å². The summed E-state index contributed by atoms with van der Waals surface area (Å²) in [7, 11) is -4.23. The molecule has 0 bridgehead atoms. The van der Waals surface area contributed by atoms with Gasteiger partial charge in [-0.3, -0.25) is 10.1 Å². The summed E-state index contributed by atoms with van der Waals surface area (Å²) in [5.41, 5.74) is -0.532. The Balaban J connectivity index is 3.11. The fourth-order valence-corrected chi connectivity index (χ4v) is 2.40. The molecule has 0 saturated heterocycles. The van der Waals surface area contributed by atoms with Gasteiger partial charge in [0.05, 0.1) is 16.9 Å². The van der Waals surface area contributed by atoms with Gasteiger partial charge in [-0.15, -0.1) is 0 Å². The van der Waals surface area contributed by atoms with E-state index < -0.39 is 37.3 Å². The number of halogens is 1. The first kappa shape index (κ1) is 15.0. The van der Waals surface area contributed by atoms with Crippen LogP contribution in [-0.2, 0) is 10.0 Å². The fourth-order valence-electron chi connectivity index (χ4n) is 1.17. The van der Waals surface area contributed by atoms with Crippen molar-refractivity contribution in [2.75, 3.05) is 6.54 Å². The van der Waals surface area contributed by atoms with Crippen LogP contribution in [0.25, 0.3) is 0 Å². The molecule has 0 aliphatic carbocycles. The van der Waals surface area contributed by atoms with Crippen molar-refractivity contribution >= 4 is 15.7 Å². The standard InChI is InChI=1S/C10H10FN3O4S/c1-7(5-12)6-13-19(17,18)10-4-8(14(15)16)2-3-9(10)11/h2-4,7,13H,6H2,1H3. The Bertz CT molecular complexity index is 639. The highest BCUT2D eigenvalue weighted by atomic mass is 32.2. The summed E-state index contributed by atoms with van der Waals surface area (Å²) in [4.78, 5) is 8.89. The third-order valence-corrected chi connectivity index (χ3v) is 3.65. The predicted octanol–water partition coefficient (Wildman–Crippen LogP) is 1.17. The van der Waals surface area contributed by atoms with E-state index in [0.717, 1.165) is 6.07 Å². The van der Waals surface area contributed by atoms with Crippen LogP contribution in [0, 0.1) is 33.2 Å². The summed E-state index contributed by atoms with van der Waals surface area (Å²) >= 11 is 0. The van der Waals surface area contributed by atoms with Gasteiger partial charge in [-0.1, -0.05) is 0 Å². The lowest BCUT2D eigenvalue weighted by Gasteiger charge is -2.08. The number of non-ortho nitro benzene ring substituents is 1. The number of rotatable bonds is 5. The number of nitrogens with one attached hydrogen (secondary N) is 1. The van der Waals surface area contributed by atoms with E-state index >= 15 is 0 Å². The van der Waals surface area contributed by atoms with E-state index in [2.05, 4.69) is 0 Å². The Morgan fingerprint density at radius 2 is 2.21 bits per heavy atom. The summed E-state index contributed by atoms with van der Waals surface area (Å²) in [6.45, 7) is 1.27. The average molecular weight is 287 g/mol. The molecule has 1 atom stereocenters. The van der Waals surface area contributed by atoms with Gasteiger partial charge < -0.3 is 0 Å². The van der Waals surface area contributed by atoms with Crippen LogP contribution in [0.1, 0.15) is 6.92 Å². The van der Waals surface area contributed by atoms with Crippen LogP contribution >= 0.6 is 0 Å². The van der Waals surface area contributed by atoms with E-state index in [1.807, 2.05) is 4.72 Å². The van der Waals surface area contributed by atoms with Gasteiger partial charge in [0.15, 0.2) is 0 Å². The maximum atomic E-state index is 13.4. The molecule has 7 nitrogen and oxygen atoms in total. The van der Waals surface area contributed by atoms with Gasteiger partial charge in [0.1, 0.15) is 10.7 Å². The molecule has 19 heavy (non-hydrogen) atoms. The molecule has 0 radical (unpaired) electrons. The predicted molar refractivity (Wildman–Crippen MR) is 63.0 cm³/mol. The Morgan fingerprint density at radius 3 is 2.74 bits per heavy atom. The van der Waals surface area contributed by atoms with Gasteiger partial charge in [-0.05, 0) is 13.0 Å². The van der Waals surface area contributed by atoms with E-state index in [1.54, 1.807) is 6.07 Å². The lowest BCUT2D eigenvalue weighted by atomic mass is 10.2. The number of nitriles is 1. The van der Waals surface area contributed by atoms with E-state index in [1.165, 1.54) is 6.92 Å². The average Bonchev–Trinajstić information content (AvgIpc) is 2.36. The van der Waals surface area contributed by atoms with Crippen LogP contribution in [0.4, 0.5) is 10.1 Å². The molecular formula is C10H10FN3O4S. The molecule has 0 fully saturated rings. The van der Waals surface area contributed by atoms with Crippen molar-refractivity contribution in [3.05, 3.63) is 34.1 Å². The van der Waals surface area contributed by atoms with Gasteiger partial charge in [0, 0.05) is 18.7 Å². The third kappa shape index (κ3) is 3.70. The zero-order valence-electron chi connectivity index (χ0n) is 9.83. The minimum Gasteiger partial charge on any atom is -0.258 e. The summed E-state index contributed by atoms with van der Waals surface area (Å²) < 4.78 is 39.0. The van der Waals surface area contributed by atoms with Gasteiger partial charge in [0.2, 0.25) is 10.0 Å². The number of benzene rings is 1. The summed E-state index contributed by atoms with van der Waals surface area (Å²) in [5, 5.41) is 19.1. The van der Waals surface area contributed by atoms with E-state index in [9.17, 15) is 22.9 Å². The van der Waals surface area contributed by atoms with Gasteiger partial charge in [0.25, 0.3) is 5.69 Å². The zero-order valence-corrected chi connectivity index (χ0v) is 10.6. The maximum absolute atomic E-state index is 13.4. The second kappa shape index (κ2) is 5.73. The Labute approximate surface area is 108 Å².